The summed E-state index contributed by atoms with van der Waals surface area (Å²) in [5.41, 5.74) is 1.79. The Bertz CT molecular complexity index is 335. The molecule has 0 nitrogen and oxygen atoms in total. The van der Waals surface area contributed by atoms with Crippen molar-refractivity contribution in [1.29, 1.82) is 0 Å². The predicted octanol–water partition coefficient (Wildman–Crippen LogP) is 3.49. The van der Waals surface area contributed by atoms with Gasteiger partial charge in [0.05, 0.1) is 0 Å². The maximum atomic E-state index is 2.54. The van der Waals surface area contributed by atoms with Gasteiger partial charge in [-0.15, -0.1) is 0 Å². The van der Waals surface area contributed by atoms with Gasteiger partial charge in [0.1, 0.15) is 0 Å². The molecule has 2 heteroatoms. The summed E-state index contributed by atoms with van der Waals surface area (Å²) in [6, 6.07) is 2.92. The lowest BCUT2D eigenvalue weighted by molar-refractivity contribution is 0.404. The minimum absolute atomic E-state index is 0.866. The van der Waals surface area contributed by atoms with Gasteiger partial charge in [-0.05, 0) is 36.1 Å². The summed E-state index contributed by atoms with van der Waals surface area (Å²) in [4.78, 5) is 0. The second-order valence-corrected chi connectivity index (χ2v) is 13.6. The highest BCUT2D eigenvalue weighted by molar-refractivity contribution is 6.76. The minimum Gasteiger partial charge on any atom is -0.0805 e. The summed E-state index contributed by atoms with van der Waals surface area (Å²) in [6.07, 6.45) is 8.74. The first-order valence-corrected chi connectivity index (χ1v) is 12.4. The second kappa shape index (κ2) is 4.89. The van der Waals surface area contributed by atoms with E-state index in [1.165, 1.54) is 28.8 Å². The molecule has 0 aromatic carbocycles. The normalized spacial score (nSPS) is 37.1. The molecule has 17 heavy (non-hydrogen) atoms. The number of hydrogen-bond donors (Lipinski definition) is 0. The van der Waals surface area contributed by atoms with Gasteiger partial charge in [0, 0.05) is 18.3 Å². The molecule has 0 amide bonds. The number of hydrogen-bond acceptors (Lipinski definition) is 0. The molecular formula is C15H28Si2. The molecule has 0 spiro atoms. The maximum absolute atomic E-state index is 2.54. The third-order valence-corrected chi connectivity index (χ3v) is 7.17. The van der Waals surface area contributed by atoms with Gasteiger partial charge in [-0.1, -0.05) is 56.4 Å². The minimum atomic E-state index is -0.910. The van der Waals surface area contributed by atoms with Crippen LogP contribution in [-0.4, -0.2) is 18.3 Å². The molecule has 1 saturated carbocycles. The standard InChI is InChI=1S/C15H28Si2/c1-11-8-13(10-17(2,3)4)15-12(9-16)6-5-7-14(11)15/h5-7,11,13-15H,8-10H2,1-4,16H3. The van der Waals surface area contributed by atoms with Crippen LogP contribution in [0.5, 0.6) is 0 Å². The number of fused-ring (bicyclic) bond motifs is 1. The van der Waals surface area contributed by atoms with Crippen LogP contribution in [0.2, 0.25) is 31.7 Å². The molecule has 2 rings (SSSR count). The first kappa shape index (κ1) is 13.3. The van der Waals surface area contributed by atoms with Crippen molar-refractivity contribution in [2.45, 2.75) is 45.1 Å². The lowest BCUT2D eigenvalue weighted by Gasteiger charge is -2.31. The zero-order valence-electron chi connectivity index (χ0n) is 12.2. The molecule has 1 fully saturated rings. The summed E-state index contributed by atoms with van der Waals surface area (Å²) in [6.45, 7) is 10.1. The molecule has 0 saturated heterocycles. The van der Waals surface area contributed by atoms with E-state index in [1.54, 1.807) is 5.57 Å². The summed E-state index contributed by atoms with van der Waals surface area (Å²) in [5.74, 6) is 3.69. The van der Waals surface area contributed by atoms with Crippen LogP contribution in [0.3, 0.4) is 0 Å². The van der Waals surface area contributed by atoms with E-state index >= 15 is 0 Å². The fraction of sp³-hybridized carbons (Fsp3) is 0.733. The maximum Gasteiger partial charge on any atom is 0.0445 e. The smallest absolute Gasteiger partial charge is 0.0445 e. The van der Waals surface area contributed by atoms with Crippen molar-refractivity contribution in [1.82, 2.24) is 0 Å². The van der Waals surface area contributed by atoms with Crippen LogP contribution in [0.15, 0.2) is 23.8 Å². The van der Waals surface area contributed by atoms with Crippen LogP contribution < -0.4 is 0 Å². The van der Waals surface area contributed by atoms with Crippen LogP contribution in [0.1, 0.15) is 13.3 Å². The van der Waals surface area contributed by atoms with Crippen molar-refractivity contribution in [3.05, 3.63) is 23.8 Å². The Hall–Kier alpha value is -0.0862. The first-order chi connectivity index (χ1) is 7.92. The molecule has 0 bridgehead atoms. The van der Waals surface area contributed by atoms with Gasteiger partial charge >= 0.3 is 0 Å². The highest BCUT2D eigenvalue weighted by Gasteiger charge is 2.43. The summed E-state index contributed by atoms with van der Waals surface area (Å²) >= 11 is 0. The first-order valence-electron chi connectivity index (χ1n) is 7.29. The SMILES string of the molecule is CC1CC(C[Si](C)(C)C)C2C(C[SiH3])=CC=CC12. The fourth-order valence-corrected chi connectivity index (χ4v) is 6.78. The van der Waals surface area contributed by atoms with E-state index in [4.69, 9.17) is 0 Å². The van der Waals surface area contributed by atoms with Crippen molar-refractivity contribution >= 4 is 18.3 Å². The van der Waals surface area contributed by atoms with Crippen molar-refractivity contribution in [3.8, 4) is 0 Å². The molecule has 0 radical (unpaired) electrons. The predicted molar refractivity (Wildman–Crippen MR) is 84.4 cm³/mol. The van der Waals surface area contributed by atoms with Crippen LogP contribution >= 0.6 is 0 Å². The molecule has 2 aliphatic rings. The highest BCUT2D eigenvalue weighted by atomic mass is 28.3. The molecule has 0 aromatic heterocycles. The summed E-state index contributed by atoms with van der Waals surface area (Å²) in [7, 11) is 0.417. The molecule has 2 aliphatic carbocycles. The second-order valence-electron chi connectivity index (χ2n) is 7.32. The van der Waals surface area contributed by atoms with Crippen LogP contribution in [-0.2, 0) is 0 Å². The van der Waals surface area contributed by atoms with Crippen molar-refractivity contribution in [2.24, 2.45) is 23.7 Å². The average molecular weight is 265 g/mol. The molecule has 0 heterocycles. The lowest BCUT2D eigenvalue weighted by Crippen LogP contribution is -2.28. The topological polar surface area (TPSA) is 0 Å². The molecule has 96 valence electrons. The molecule has 4 atom stereocenters. The highest BCUT2D eigenvalue weighted by Crippen LogP contribution is 2.50. The molecule has 0 N–H and O–H groups in total. The van der Waals surface area contributed by atoms with Gasteiger partial charge in [-0.3, -0.25) is 0 Å². The van der Waals surface area contributed by atoms with E-state index in [2.05, 4.69) is 44.8 Å². The molecular weight excluding hydrogens is 236 g/mol. The Balaban J connectivity index is 2.20. The Labute approximate surface area is 111 Å². The van der Waals surface area contributed by atoms with E-state index < -0.39 is 8.07 Å². The Morgan fingerprint density at radius 1 is 1.35 bits per heavy atom. The zero-order chi connectivity index (χ0) is 12.6. The lowest BCUT2D eigenvalue weighted by atomic mass is 9.79. The molecule has 0 aromatic rings. The van der Waals surface area contributed by atoms with Gasteiger partial charge in [-0.25, -0.2) is 0 Å². The van der Waals surface area contributed by atoms with Gasteiger partial charge in [0.15, 0.2) is 0 Å². The van der Waals surface area contributed by atoms with Crippen LogP contribution in [0, 0.1) is 23.7 Å². The van der Waals surface area contributed by atoms with Crippen LogP contribution in [0.25, 0.3) is 0 Å². The quantitative estimate of drug-likeness (QED) is 0.685. The molecule has 0 aliphatic heterocycles. The fourth-order valence-electron chi connectivity index (χ4n) is 4.08. The van der Waals surface area contributed by atoms with E-state index in [0.717, 1.165) is 23.7 Å². The number of allylic oxidation sites excluding steroid dienone is 4. The van der Waals surface area contributed by atoms with E-state index in [1.807, 2.05) is 0 Å². The Kier molecular flexibility index (Phi) is 3.84. The van der Waals surface area contributed by atoms with Crippen molar-refractivity contribution in [2.75, 3.05) is 0 Å². The third kappa shape index (κ3) is 2.84. The van der Waals surface area contributed by atoms with E-state index in [9.17, 15) is 0 Å². The van der Waals surface area contributed by atoms with Crippen molar-refractivity contribution < 1.29 is 0 Å². The summed E-state index contributed by atoms with van der Waals surface area (Å²) < 4.78 is 0. The van der Waals surface area contributed by atoms with E-state index in [0.29, 0.717) is 0 Å². The zero-order valence-corrected chi connectivity index (χ0v) is 15.2. The van der Waals surface area contributed by atoms with Crippen LogP contribution in [0.4, 0.5) is 0 Å². The van der Waals surface area contributed by atoms with E-state index in [-0.39, 0.29) is 0 Å². The Morgan fingerprint density at radius 2 is 2.06 bits per heavy atom. The Morgan fingerprint density at radius 3 is 2.65 bits per heavy atom. The van der Waals surface area contributed by atoms with Crippen molar-refractivity contribution in [3.63, 3.8) is 0 Å². The van der Waals surface area contributed by atoms with Gasteiger partial charge in [0.2, 0.25) is 0 Å². The van der Waals surface area contributed by atoms with Gasteiger partial charge < -0.3 is 0 Å². The largest absolute Gasteiger partial charge is 0.0805 e. The molecule has 4 unspecified atom stereocenters. The monoisotopic (exact) mass is 264 g/mol. The third-order valence-electron chi connectivity index (χ3n) is 4.61. The van der Waals surface area contributed by atoms with Gasteiger partial charge in [-0.2, -0.15) is 0 Å². The van der Waals surface area contributed by atoms with Gasteiger partial charge in [0.25, 0.3) is 0 Å². The number of rotatable bonds is 3. The summed E-state index contributed by atoms with van der Waals surface area (Å²) in [5, 5.41) is 0. The average Bonchev–Trinajstić information content (AvgIpc) is 2.53.